The van der Waals surface area contributed by atoms with Crippen LogP contribution in [0.1, 0.15) is 31.2 Å². The molecule has 1 atom stereocenters. The third kappa shape index (κ3) is 4.42. The molecule has 4 rings (SSSR count). The Hall–Kier alpha value is -2.12. The first kappa shape index (κ1) is 18.3. The van der Waals surface area contributed by atoms with E-state index in [1.807, 2.05) is 17.8 Å². The number of hydrogen-bond donors (Lipinski definition) is 2. The van der Waals surface area contributed by atoms with Crippen LogP contribution in [0.2, 0.25) is 0 Å². The minimum Gasteiger partial charge on any atom is -0.508 e. The van der Waals surface area contributed by atoms with E-state index in [2.05, 4.69) is 21.4 Å². The molecule has 2 saturated heterocycles. The van der Waals surface area contributed by atoms with E-state index in [9.17, 15) is 5.11 Å². The van der Waals surface area contributed by atoms with Gasteiger partial charge in [-0.1, -0.05) is 6.42 Å². The minimum absolute atomic E-state index is 0.277. The normalized spacial score (nSPS) is 20.8. The summed E-state index contributed by atoms with van der Waals surface area (Å²) in [6, 6.07) is 6.31. The molecule has 1 aromatic heterocycles. The summed E-state index contributed by atoms with van der Waals surface area (Å²) in [7, 11) is 1.92. The summed E-state index contributed by atoms with van der Waals surface area (Å²) in [5, 5.41) is 18.4. The zero-order valence-electron chi connectivity index (χ0n) is 16.0. The van der Waals surface area contributed by atoms with Crippen LogP contribution in [-0.4, -0.2) is 58.8 Å². The van der Waals surface area contributed by atoms with E-state index >= 15 is 0 Å². The first-order chi connectivity index (χ1) is 13.2. The number of benzene rings is 1. The van der Waals surface area contributed by atoms with Gasteiger partial charge in [-0.05, 0) is 56.0 Å². The molecule has 0 bridgehead atoms. The summed E-state index contributed by atoms with van der Waals surface area (Å²) in [6.07, 6.45) is 5.88. The number of nitrogens with zero attached hydrogens (tertiary/aromatic N) is 4. The molecule has 27 heavy (non-hydrogen) atoms. The van der Waals surface area contributed by atoms with Crippen LogP contribution < -0.4 is 10.2 Å². The van der Waals surface area contributed by atoms with Gasteiger partial charge in [-0.25, -0.2) is 4.68 Å². The van der Waals surface area contributed by atoms with Crippen molar-refractivity contribution in [2.45, 2.75) is 38.1 Å². The SMILES string of the molecule is Cn1nc(-c2cc(O)cc(CC[C@@H]3CCCCN3)c2)nc1N1CCOCC1. The standard InChI is InChI=1S/C20H29N5O2/c1-24-20(25-8-10-27-11-9-25)22-19(23-24)16-12-15(13-18(26)14-16)5-6-17-4-2-3-7-21-17/h12-14,17,21,26H,2-11H2,1H3/t17-/m0/s1. The van der Waals surface area contributed by atoms with Gasteiger partial charge in [0, 0.05) is 31.7 Å². The van der Waals surface area contributed by atoms with Gasteiger partial charge in [0.1, 0.15) is 5.75 Å². The smallest absolute Gasteiger partial charge is 0.224 e. The molecular weight excluding hydrogens is 342 g/mol. The Morgan fingerprint density at radius 1 is 1.22 bits per heavy atom. The van der Waals surface area contributed by atoms with Crippen molar-refractivity contribution in [3.05, 3.63) is 23.8 Å². The lowest BCUT2D eigenvalue weighted by Crippen LogP contribution is -2.37. The van der Waals surface area contributed by atoms with Crippen molar-refractivity contribution < 1.29 is 9.84 Å². The van der Waals surface area contributed by atoms with E-state index in [0.29, 0.717) is 25.1 Å². The van der Waals surface area contributed by atoms with E-state index in [1.54, 1.807) is 6.07 Å². The predicted octanol–water partition coefficient (Wildman–Crippen LogP) is 2.10. The molecule has 2 N–H and O–H groups in total. The molecule has 0 amide bonds. The molecule has 0 radical (unpaired) electrons. The van der Waals surface area contributed by atoms with Crippen molar-refractivity contribution in [2.24, 2.45) is 7.05 Å². The first-order valence-electron chi connectivity index (χ1n) is 9.99. The molecular formula is C20H29N5O2. The lowest BCUT2D eigenvalue weighted by atomic mass is 9.97. The highest BCUT2D eigenvalue weighted by atomic mass is 16.5. The number of anilines is 1. The van der Waals surface area contributed by atoms with Crippen molar-refractivity contribution in [3.63, 3.8) is 0 Å². The minimum atomic E-state index is 0.277. The fourth-order valence-corrected chi connectivity index (χ4v) is 4.00. The van der Waals surface area contributed by atoms with Gasteiger partial charge in [0.05, 0.1) is 13.2 Å². The molecule has 7 heteroatoms. The highest BCUT2D eigenvalue weighted by Gasteiger charge is 2.19. The predicted molar refractivity (Wildman–Crippen MR) is 105 cm³/mol. The van der Waals surface area contributed by atoms with Crippen LogP contribution in [0.5, 0.6) is 5.75 Å². The molecule has 2 fully saturated rings. The number of phenolic OH excluding ortho intramolecular Hbond substituents is 1. The van der Waals surface area contributed by atoms with Gasteiger partial charge in [-0.2, -0.15) is 4.98 Å². The third-order valence-corrected chi connectivity index (χ3v) is 5.46. The highest BCUT2D eigenvalue weighted by molar-refractivity contribution is 5.60. The number of morpholine rings is 1. The van der Waals surface area contributed by atoms with Gasteiger partial charge >= 0.3 is 0 Å². The number of piperidine rings is 1. The molecule has 2 aliphatic rings. The van der Waals surface area contributed by atoms with Crippen molar-refractivity contribution in [3.8, 4) is 17.1 Å². The van der Waals surface area contributed by atoms with Crippen molar-refractivity contribution in [2.75, 3.05) is 37.7 Å². The number of nitrogens with one attached hydrogen (secondary N) is 1. The Bertz CT molecular complexity index is 764. The molecule has 2 aliphatic heterocycles. The van der Waals surface area contributed by atoms with Crippen LogP contribution in [0, 0.1) is 0 Å². The molecule has 0 aliphatic carbocycles. The molecule has 1 aromatic carbocycles. The van der Waals surface area contributed by atoms with E-state index in [-0.39, 0.29) is 5.75 Å². The number of ether oxygens (including phenoxy) is 1. The Kier molecular flexibility index (Phi) is 5.59. The van der Waals surface area contributed by atoms with Crippen molar-refractivity contribution >= 4 is 5.95 Å². The summed E-state index contributed by atoms with van der Waals surface area (Å²) in [5.74, 6) is 1.79. The first-order valence-corrected chi connectivity index (χ1v) is 9.99. The van der Waals surface area contributed by atoms with E-state index in [1.165, 1.54) is 19.3 Å². The van der Waals surface area contributed by atoms with Crippen LogP contribution >= 0.6 is 0 Å². The van der Waals surface area contributed by atoms with Gasteiger partial charge in [0.15, 0.2) is 5.82 Å². The van der Waals surface area contributed by atoms with Crippen LogP contribution in [0.3, 0.4) is 0 Å². The maximum atomic E-state index is 10.2. The summed E-state index contributed by atoms with van der Waals surface area (Å²) < 4.78 is 7.24. The van der Waals surface area contributed by atoms with Gasteiger partial charge in [0.2, 0.25) is 5.95 Å². The largest absolute Gasteiger partial charge is 0.508 e. The molecule has 2 aromatic rings. The Morgan fingerprint density at radius 2 is 2.07 bits per heavy atom. The lowest BCUT2D eigenvalue weighted by molar-refractivity contribution is 0.121. The Morgan fingerprint density at radius 3 is 2.85 bits per heavy atom. The van der Waals surface area contributed by atoms with Crippen molar-refractivity contribution in [1.29, 1.82) is 0 Å². The number of phenols is 1. The molecule has 0 unspecified atom stereocenters. The second-order valence-corrected chi connectivity index (χ2v) is 7.53. The summed E-state index contributed by atoms with van der Waals surface area (Å²) in [5.41, 5.74) is 2.01. The summed E-state index contributed by atoms with van der Waals surface area (Å²) in [6.45, 7) is 4.21. The van der Waals surface area contributed by atoms with E-state index < -0.39 is 0 Å². The second kappa shape index (κ2) is 8.27. The summed E-state index contributed by atoms with van der Waals surface area (Å²) >= 11 is 0. The van der Waals surface area contributed by atoms with Crippen LogP contribution in [0.15, 0.2) is 18.2 Å². The molecule has 146 valence electrons. The zero-order chi connectivity index (χ0) is 18.6. The average Bonchev–Trinajstić information content (AvgIpc) is 3.09. The molecule has 0 spiro atoms. The topological polar surface area (TPSA) is 75.4 Å². The fraction of sp³-hybridized carbons (Fsp3) is 0.600. The van der Waals surface area contributed by atoms with Gasteiger partial charge in [0.25, 0.3) is 0 Å². The van der Waals surface area contributed by atoms with Crippen LogP contribution in [-0.2, 0) is 18.2 Å². The van der Waals surface area contributed by atoms with Crippen LogP contribution in [0.25, 0.3) is 11.4 Å². The third-order valence-electron chi connectivity index (χ3n) is 5.46. The van der Waals surface area contributed by atoms with Crippen LogP contribution in [0.4, 0.5) is 5.95 Å². The zero-order valence-corrected chi connectivity index (χ0v) is 16.0. The van der Waals surface area contributed by atoms with E-state index in [4.69, 9.17) is 9.72 Å². The van der Waals surface area contributed by atoms with Gasteiger partial charge in [-0.3, -0.25) is 0 Å². The van der Waals surface area contributed by atoms with Gasteiger partial charge in [-0.15, -0.1) is 5.10 Å². The number of aromatic nitrogens is 3. The highest BCUT2D eigenvalue weighted by Crippen LogP contribution is 2.26. The Labute approximate surface area is 160 Å². The maximum Gasteiger partial charge on any atom is 0.224 e. The van der Waals surface area contributed by atoms with E-state index in [0.717, 1.165) is 49.6 Å². The second-order valence-electron chi connectivity index (χ2n) is 7.53. The lowest BCUT2D eigenvalue weighted by Gasteiger charge is -2.26. The van der Waals surface area contributed by atoms with Crippen molar-refractivity contribution in [1.82, 2.24) is 20.1 Å². The molecule has 3 heterocycles. The average molecular weight is 371 g/mol. The monoisotopic (exact) mass is 371 g/mol. The number of rotatable bonds is 5. The quantitative estimate of drug-likeness (QED) is 0.838. The fourth-order valence-electron chi connectivity index (χ4n) is 4.00. The van der Waals surface area contributed by atoms with Gasteiger partial charge < -0.3 is 20.1 Å². The molecule has 7 nitrogen and oxygen atoms in total. The number of aryl methyl sites for hydroxylation is 2. The maximum absolute atomic E-state index is 10.2. The number of hydrogen-bond acceptors (Lipinski definition) is 6. The Balaban J connectivity index is 1.50. The number of aromatic hydroxyl groups is 1. The summed E-state index contributed by atoms with van der Waals surface area (Å²) in [4.78, 5) is 6.93. The molecule has 0 saturated carbocycles.